The van der Waals surface area contributed by atoms with E-state index in [-0.39, 0.29) is 18.0 Å². The monoisotopic (exact) mass is 322 g/mol. The Morgan fingerprint density at radius 1 is 1.26 bits per heavy atom. The number of halogens is 2. The van der Waals surface area contributed by atoms with E-state index in [0.29, 0.717) is 15.8 Å². The molecule has 2 aromatic carbocycles. The van der Waals surface area contributed by atoms with Crippen LogP contribution in [-0.2, 0) is 6.42 Å². The molecule has 0 aromatic heterocycles. The van der Waals surface area contributed by atoms with Gasteiger partial charge in [0, 0.05) is 12.0 Å². The first-order valence-corrected chi connectivity index (χ1v) is 6.50. The largest absolute Gasteiger partial charge is 0.497 e. The van der Waals surface area contributed by atoms with Gasteiger partial charge in [0.2, 0.25) is 0 Å². The number of hydrogen-bond acceptors (Lipinski definition) is 2. The minimum absolute atomic E-state index is 0.0612. The van der Waals surface area contributed by atoms with Crippen molar-refractivity contribution in [1.82, 2.24) is 0 Å². The number of benzene rings is 2. The van der Waals surface area contributed by atoms with E-state index in [2.05, 4.69) is 15.9 Å². The van der Waals surface area contributed by atoms with Gasteiger partial charge < -0.3 is 4.74 Å². The van der Waals surface area contributed by atoms with Crippen LogP contribution in [0.5, 0.6) is 5.75 Å². The van der Waals surface area contributed by atoms with Gasteiger partial charge in [0.25, 0.3) is 0 Å². The van der Waals surface area contributed by atoms with E-state index in [1.54, 1.807) is 7.11 Å². The predicted molar refractivity (Wildman–Crippen MR) is 75.1 cm³/mol. The normalized spacial score (nSPS) is 10.3. The number of ketones is 1. The van der Waals surface area contributed by atoms with Crippen molar-refractivity contribution in [1.29, 1.82) is 0 Å². The lowest BCUT2D eigenvalue weighted by atomic mass is 10.0. The predicted octanol–water partition coefficient (Wildman–Crippen LogP) is 4.02. The number of rotatable bonds is 4. The molecule has 0 heterocycles. The molecule has 0 aliphatic carbocycles. The van der Waals surface area contributed by atoms with Gasteiger partial charge in [-0.2, -0.15) is 0 Å². The van der Waals surface area contributed by atoms with Crippen molar-refractivity contribution in [3.8, 4) is 5.75 Å². The lowest BCUT2D eigenvalue weighted by Crippen LogP contribution is -2.04. The van der Waals surface area contributed by atoms with E-state index in [9.17, 15) is 9.18 Å². The summed E-state index contributed by atoms with van der Waals surface area (Å²) in [5.41, 5.74) is 1.35. The molecule has 2 rings (SSSR count). The third-order valence-corrected chi connectivity index (χ3v) is 3.35. The number of carbonyl (C=O) groups is 1. The van der Waals surface area contributed by atoms with Gasteiger partial charge in [-0.25, -0.2) is 4.39 Å². The van der Waals surface area contributed by atoms with Crippen molar-refractivity contribution >= 4 is 21.7 Å². The van der Waals surface area contributed by atoms with Gasteiger partial charge in [-0.3, -0.25) is 4.79 Å². The molecule has 0 aliphatic heterocycles. The maximum absolute atomic E-state index is 13.1. The average molecular weight is 323 g/mol. The molecule has 0 unspecified atom stereocenters. The third-order valence-electron chi connectivity index (χ3n) is 2.74. The Bertz CT molecular complexity index is 611. The molecule has 2 aromatic rings. The topological polar surface area (TPSA) is 26.3 Å². The summed E-state index contributed by atoms with van der Waals surface area (Å²) in [7, 11) is 1.58. The molecule has 0 atom stereocenters. The Balaban J connectivity index is 2.18. The maximum atomic E-state index is 13.1. The van der Waals surface area contributed by atoms with Crippen LogP contribution in [0.4, 0.5) is 4.39 Å². The van der Waals surface area contributed by atoms with Crippen molar-refractivity contribution in [2.45, 2.75) is 6.42 Å². The molecule has 98 valence electrons. The zero-order valence-corrected chi connectivity index (χ0v) is 11.9. The zero-order chi connectivity index (χ0) is 13.8. The van der Waals surface area contributed by atoms with Gasteiger partial charge >= 0.3 is 0 Å². The number of hydrogen-bond donors (Lipinski definition) is 0. The number of carbonyl (C=O) groups excluding carboxylic acids is 1. The van der Waals surface area contributed by atoms with Crippen molar-refractivity contribution < 1.29 is 13.9 Å². The summed E-state index contributed by atoms with van der Waals surface area (Å²) in [5, 5.41) is 0. The van der Waals surface area contributed by atoms with Crippen LogP contribution in [0.15, 0.2) is 46.9 Å². The Morgan fingerprint density at radius 3 is 2.74 bits per heavy atom. The Hall–Kier alpha value is -1.68. The summed E-state index contributed by atoms with van der Waals surface area (Å²) >= 11 is 3.08. The minimum atomic E-state index is -0.377. The quantitative estimate of drug-likeness (QED) is 0.795. The van der Waals surface area contributed by atoms with E-state index >= 15 is 0 Å². The fraction of sp³-hybridized carbons (Fsp3) is 0.133. The number of ether oxygens (including phenoxy) is 1. The molecule has 2 nitrogen and oxygen atoms in total. The molecule has 0 radical (unpaired) electrons. The molecule has 4 heteroatoms. The molecule has 0 spiro atoms. The van der Waals surface area contributed by atoms with Crippen LogP contribution in [-0.4, -0.2) is 12.9 Å². The summed E-state index contributed by atoms with van der Waals surface area (Å²) < 4.78 is 18.5. The first kappa shape index (κ1) is 13.7. The molecular weight excluding hydrogens is 311 g/mol. The Kier molecular flexibility index (Phi) is 4.32. The summed E-state index contributed by atoms with van der Waals surface area (Å²) in [6.45, 7) is 0. The van der Waals surface area contributed by atoms with E-state index < -0.39 is 0 Å². The van der Waals surface area contributed by atoms with E-state index in [1.165, 1.54) is 18.2 Å². The van der Waals surface area contributed by atoms with Gasteiger partial charge in [0.15, 0.2) is 5.78 Å². The highest BCUT2D eigenvalue weighted by molar-refractivity contribution is 9.10. The average Bonchev–Trinajstić information content (AvgIpc) is 2.42. The molecular formula is C15H12BrFO2. The first-order valence-electron chi connectivity index (χ1n) is 5.71. The van der Waals surface area contributed by atoms with Crippen LogP contribution in [0.1, 0.15) is 15.9 Å². The van der Waals surface area contributed by atoms with Gasteiger partial charge in [-0.05, 0) is 51.8 Å². The highest BCUT2D eigenvalue weighted by Gasteiger charge is 2.10. The highest BCUT2D eigenvalue weighted by atomic mass is 79.9. The molecule has 0 bridgehead atoms. The molecule has 0 amide bonds. The second kappa shape index (κ2) is 5.97. The maximum Gasteiger partial charge on any atom is 0.167 e. The van der Waals surface area contributed by atoms with Crippen LogP contribution >= 0.6 is 15.9 Å². The molecule has 0 N–H and O–H groups in total. The molecule has 0 aliphatic rings. The van der Waals surface area contributed by atoms with E-state index in [0.717, 1.165) is 5.56 Å². The molecule has 0 fully saturated rings. The van der Waals surface area contributed by atoms with Crippen LogP contribution in [0.3, 0.4) is 0 Å². The number of Topliss-reactive ketones (excluding diaryl/α,β-unsaturated/α-hetero) is 1. The first-order chi connectivity index (χ1) is 9.10. The fourth-order valence-corrected chi connectivity index (χ4v) is 2.12. The van der Waals surface area contributed by atoms with Crippen molar-refractivity contribution in [2.75, 3.05) is 7.11 Å². The van der Waals surface area contributed by atoms with Crippen molar-refractivity contribution in [2.24, 2.45) is 0 Å². The molecule has 0 saturated heterocycles. The SMILES string of the molecule is COc1cccc(CC(=O)c2ccc(F)c(Br)c2)c1. The van der Waals surface area contributed by atoms with Gasteiger partial charge in [-0.1, -0.05) is 12.1 Å². The summed E-state index contributed by atoms with van der Waals surface area (Å²) in [6.07, 6.45) is 0.259. The van der Waals surface area contributed by atoms with E-state index in [4.69, 9.17) is 4.74 Å². The van der Waals surface area contributed by atoms with Crippen LogP contribution in [0.25, 0.3) is 0 Å². The van der Waals surface area contributed by atoms with E-state index in [1.807, 2.05) is 24.3 Å². The van der Waals surface area contributed by atoms with Crippen LogP contribution in [0.2, 0.25) is 0 Å². The molecule has 19 heavy (non-hydrogen) atoms. The summed E-state index contributed by atoms with van der Waals surface area (Å²) in [6, 6.07) is 11.6. The van der Waals surface area contributed by atoms with Crippen molar-refractivity contribution in [3.63, 3.8) is 0 Å². The highest BCUT2D eigenvalue weighted by Crippen LogP contribution is 2.19. The number of methoxy groups -OCH3 is 1. The zero-order valence-electron chi connectivity index (χ0n) is 10.3. The Labute approximate surface area is 119 Å². The Morgan fingerprint density at radius 2 is 2.05 bits per heavy atom. The van der Waals surface area contributed by atoms with Gasteiger partial charge in [-0.15, -0.1) is 0 Å². The van der Waals surface area contributed by atoms with Crippen molar-refractivity contribution in [3.05, 3.63) is 63.9 Å². The third kappa shape index (κ3) is 3.41. The lowest BCUT2D eigenvalue weighted by Gasteiger charge is -2.05. The minimum Gasteiger partial charge on any atom is -0.497 e. The standard InChI is InChI=1S/C15H12BrFO2/c1-19-12-4-2-3-10(7-12)8-15(18)11-5-6-14(17)13(16)9-11/h2-7,9H,8H2,1H3. The second-order valence-electron chi connectivity index (χ2n) is 4.08. The molecule has 0 saturated carbocycles. The summed E-state index contributed by atoms with van der Waals surface area (Å²) in [5.74, 6) is 0.275. The smallest absolute Gasteiger partial charge is 0.167 e. The fourth-order valence-electron chi connectivity index (χ4n) is 1.74. The lowest BCUT2D eigenvalue weighted by molar-refractivity contribution is 0.0993. The van der Waals surface area contributed by atoms with Gasteiger partial charge in [0.1, 0.15) is 11.6 Å². The second-order valence-corrected chi connectivity index (χ2v) is 4.93. The van der Waals surface area contributed by atoms with Crippen LogP contribution in [0, 0.1) is 5.82 Å². The van der Waals surface area contributed by atoms with Gasteiger partial charge in [0.05, 0.1) is 11.6 Å². The summed E-state index contributed by atoms with van der Waals surface area (Å²) in [4.78, 5) is 12.1. The van der Waals surface area contributed by atoms with Crippen LogP contribution < -0.4 is 4.74 Å².